The van der Waals surface area contributed by atoms with Crippen LogP contribution in [0.15, 0.2) is 22.8 Å². The van der Waals surface area contributed by atoms with Crippen molar-refractivity contribution in [1.82, 2.24) is 10.2 Å². The molecule has 0 radical (unpaired) electrons. The highest BCUT2D eigenvalue weighted by Crippen LogP contribution is 2.14. The Hall–Kier alpha value is -0.600. The van der Waals surface area contributed by atoms with Crippen molar-refractivity contribution in [1.29, 1.82) is 0 Å². The maximum Gasteiger partial charge on any atom is 0.0197 e. The zero-order valence-electron chi connectivity index (χ0n) is 9.27. The molecule has 14 heavy (non-hydrogen) atoms. The average molecular weight is 192 g/mol. The Balaban J connectivity index is 1.86. The summed E-state index contributed by atoms with van der Waals surface area (Å²) in [6.07, 6.45) is 3.61. The van der Waals surface area contributed by atoms with Crippen LogP contribution in [0.25, 0.3) is 0 Å². The van der Waals surface area contributed by atoms with Crippen molar-refractivity contribution in [3.63, 3.8) is 0 Å². The van der Waals surface area contributed by atoms with Gasteiger partial charge in [0.05, 0.1) is 0 Å². The van der Waals surface area contributed by atoms with Crippen molar-refractivity contribution in [3.05, 3.63) is 22.8 Å². The van der Waals surface area contributed by atoms with E-state index in [1.807, 2.05) is 0 Å². The van der Waals surface area contributed by atoms with Gasteiger partial charge in [0.1, 0.15) is 0 Å². The van der Waals surface area contributed by atoms with Gasteiger partial charge < -0.3 is 5.32 Å². The molecule has 0 bridgehead atoms. The standard InChI is InChI=1S/C12H20N2/c1-10-3-5-14(6-4-10)9-11(2)12-7-13-8-12/h3,13H,4-9H2,1-2H3. The van der Waals surface area contributed by atoms with Crippen LogP contribution in [0.2, 0.25) is 0 Å². The van der Waals surface area contributed by atoms with E-state index < -0.39 is 0 Å². The van der Waals surface area contributed by atoms with Crippen LogP contribution in [0.1, 0.15) is 20.3 Å². The lowest BCUT2D eigenvalue weighted by Gasteiger charge is -2.29. The molecule has 0 amide bonds. The van der Waals surface area contributed by atoms with Crippen LogP contribution >= 0.6 is 0 Å². The molecule has 1 N–H and O–H groups in total. The summed E-state index contributed by atoms with van der Waals surface area (Å²) in [5, 5.41) is 3.30. The summed E-state index contributed by atoms with van der Waals surface area (Å²) in [5.74, 6) is 0. The van der Waals surface area contributed by atoms with Crippen LogP contribution in [-0.4, -0.2) is 37.6 Å². The lowest BCUT2D eigenvalue weighted by atomic mass is 10.0. The van der Waals surface area contributed by atoms with Crippen molar-refractivity contribution in [3.8, 4) is 0 Å². The second kappa shape index (κ2) is 4.28. The van der Waals surface area contributed by atoms with E-state index in [1.165, 1.54) is 19.5 Å². The molecule has 1 fully saturated rings. The molecule has 2 nitrogen and oxygen atoms in total. The Morgan fingerprint density at radius 1 is 1.50 bits per heavy atom. The molecule has 2 aliphatic heterocycles. The molecule has 0 spiro atoms. The second-order valence-electron chi connectivity index (χ2n) is 4.52. The summed E-state index contributed by atoms with van der Waals surface area (Å²) >= 11 is 0. The van der Waals surface area contributed by atoms with Crippen LogP contribution in [0.3, 0.4) is 0 Å². The van der Waals surface area contributed by atoms with E-state index in [0.29, 0.717) is 0 Å². The van der Waals surface area contributed by atoms with Gasteiger partial charge in [-0.1, -0.05) is 17.2 Å². The number of nitrogens with one attached hydrogen (secondary N) is 1. The van der Waals surface area contributed by atoms with Gasteiger partial charge in [-0.25, -0.2) is 0 Å². The Morgan fingerprint density at radius 3 is 2.79 bits per heavy atom. The van der Waals surface area contributed by atoms with Gasteiger partial charge >= 0.3 is 0 Å². The van der Waals surface area contributed by atoms with Gasteiger partial charge in [0.15, 0.2) is 0 Å². The molecule has 2 heterocycles. The van der Waals surface area contributed by atoms with Crippen molar-refractivity contribution in [2.45, 2.75) is 20.3 Å². The summed E-state index contributed by atoms with van der Waals surface area (Å²) in [5.41, 5.74) is 4.75. The SMILES string of the molecule is CC1=CCN(CC(C)=C2CNC2)CC1. The normalized spacial score (nSPS) is 23.0. The molecular formula is C12H20N2. The van der Waals surface area contributed by atoms with Gasteiger partial charge in [0, 0.05) is 32.7 Å². The second-order valence-corrected chi connectivity index (χ2v) is 4.52. The predicted octanol–water partition coefficient (Wildman–Crippen LogP) is 1.56. The number of hydrogen-bond acceptors (Lipinski definition) is 2. The highest BCUT2D eigenvalue weighted by molar-refractivity contribution is 5.22. The molecule has 0 atom stereocenters. The lowest BCUT2D eigenvalue weighted by Crippen LogP contribution is -2.37. The fourth-order valence-corrected chi connectivity index (χ4v) is 1.96. The monoisotopic (exact) mass is 192 g/mol. The Kier molecular flexibility index (Phi) is 3.04. The van der Waals surface area contributed by atoms with Gasteiger partial charge in [-0.2, -0.15) is 0 Å². The Morgan fingerprint density at radius 2 is 2.29 bits per heavy atom. The zero-order chi connectivity index (χ0) is 9.97. The van der Waals surface area contributed by atoms with Crippen LogP contribution in [0, 0.1) is 0 Å². The fourth-order valence-electron chi connectivity index (χ4n) is 1.96. The lowest BCUT2D eigenvalue weighted by molar-refractivity contribution is 0.316. The first-order valence-corrected chi connectivity index (χ1v) is 5.52. The van der Waals surface area contributed by atoms with Gasteiger partial charge in [-0.3, -0.25) is 4.90 Å². The molecule has 0 saturated carbocycles. The maximum atomic E-state index is 3.30. The molecule has 2 heteroatoms. The fraction of sp³-hybridized carbons (Fsp3) is 0.667. The molecule has 0 aromatic carbocycles. The minimum Gasteiger partial charge on any atom is -0.309 e. The molecule has 78 valence electrons. The number of rotatable bonds is 2. The largest absolute Gasteiger partial charge is 0.309 e. The maximum absolute atomic E-state index is 3.30. The van der Waals surface area contributed by atoms with Crippen molar-refractivity contribution < 1.29 is 0 Å². The van der Waals surface area contributed by atoms with E-state index in [0.717, 1.165) is 19.6 Å². The minimum atomic E-state index is 1.12. The Labute approximate surface area is 86.7 Å². The van der Waals surface area contributed by atoms with Crippen molar-refractivity contribution >= 4 is 0 Å². The van der Waals surface area contributed by atoms with E-state index in [-0.39, 0.29) is 0 Å². The summed E-state index contributed by atoms with van der Waals surface area (Å²) in [6, 6.07) is 0. The van der Waals surface area contributed by atoms with Gasteiger partial charge in [-0.15, -0.1) is 0 Å². The minimum absolute atomic E-state index is 1.12. The quantitative estimate of drug-likeness (QED) is 0.668. The highest BCUT2D eigenvalue weighted by Gasteiger charge is 2.14. The van der Waals surface area contributed by atoms with Gasteiger partial charge in [-0.05, 0) is 25.8 Å². The molecule has 0 aromatic heterocycles. The summed E-state index contributed by atoms with van der Waals surface area (Å²) in [4.78, 5) is 2.54. The molecule has 0 unspecified atom stereocenters. The first-order valence-electron chi connectivity index (χ1n) is 5.52. The molecule has 2 rings (SSSR count). The molecular weight excluding hydrogens is 172 g/mol. The van der Waals surface area contributed by atoms with E-state index in [1.54, 1.807) is 16.7 Å². The topological polar surface area (TPSA) is 15.3 Å². The number of nitrogens with zero attached hydrogens (tertiary/aromatic N) is 1. The van der Waals surface area contributed by atoms with E-state index in [4.69, 9.17) is 0 Å². The smallest absolute Gasteiger partial charge is 0.0197 e. The van der Waals surface area contributed by atoms with Crippen LogP contribution in [0.4, 0.5) is 0 Å². The molecule has 2 aliphatic rings. The Bertz CT molecular complexity index is 270. The molecule has 0 aliphatic carbocycles. The first-order chi connectivity index (χ1) is 6.75. The van der Waals surface area contributed by atoms with Gasteiger partial charge in [0.2, 0.25) is 0 Å². The third kappa shape index (κ3) is 2.25. The third-order valence-corrected chi connectivity index (χ3v) is 3.26. The van der Waals surface area contributed by atoms with Crippen LogP contribution < -0.4 is 5.32 Å². The number of hydrogen-bond donors (Lipinski definition) is 1. The van der Waals surface area contributed by atoms with Crippen molar-refractivity contribution in [2.24, 2.45) is 0 Å². The summed E-state index contributed by atoms with van der Waals surface area (Å²) < 4.78 is 0. The van der Waals surface area contributed by atoms with Crippen molar-refractivity contribution in [2.75, 3.05) is 32.7 Å². The third-order valence-electron chi connectivity index (χ3n) is 3.26. The zero-order valence-corrected chi connectivity index (χ0v) is 9.27. The summed E-state index contributed by atoms with van der Waals surface area (Å²) in [6.45, 7) is 10.3. The van der Waals surface area contributed by atoms with E-state index in [2.05, 4.69) is 30.1 Å². The van der Waals surface area contributed by atoms with E-state index in [9.17, 15) is 0 Å². The summed E-state index contributed by atoms with van der Waals surface area (Å²) in [7, 11) is 0. The van der Waals surface area contributed by atoms with E-state index >= 15 is 0 Å². The van der Waals surface area contributed by atoms with Gasteiger partial charge in [0.25, 0.3) is 0 Å². The van der Waals surface area contributed by atoms with Crippen LogP contribution in [-0.2, 0) is 0 Å². The van der Waals surface area contributed by atoms with Crippen LogP contribution in [0.5, 0.6) is 0 Å². The molecule has 1 saturated heterocycles. The average Bonchev–Trinajstić information content (AvgIpc) is 2.06. The first kappa shape index (κ1) is 9.94. The molecule has 0 aromatic rings. The highest BCUT2D eigenvalue weighted by atomic mass is 15.1. The predicted molar refractivity (Wildman–Crippen MR) is 60.4 cm³/mol.